The highest BCUT2D eigenvalue weighted by atomic mass is 16.5. The number of ether oxygens (including phenoxy) is 2. The first-order valence-electron chi connectivity index (χ1n) is 5.86. The van der Waals surface area contributed by atoms with Crippen LogP contribution < -0.4 is 10.5 Å². The lowest BCUT2D eigenvalue weighted by Gasteiger charge is -2.35. The maximum absolute atomic E-state index is 9.40. The van der Waals surface area contributed by atoms with Crippen LogP contribution in [-0.4, -0.2) is 22.9 Å². The SMILES string of the molecule is Cc1[nH]nc2c1[C@@]1(CCO[C@H]1C)C(C#N)=C(N)O2. The summed E-state index contributed by atoms with van der Waals surface area (Å²) in [5, 5.41) is 16.4. The Labute approximate surface area is 104 Å². The van der Waals surface area contributed by atoms with Crippen LogP contribution in [0.4, 0.5) is 0 Å². The van der Waals surface area contributed by atoms with Crippen molar-refractivity contribution in [3.05, 3.63) is 22.7 Å². The van der Waals surface area contributed by atoms with E-state index in [1.807, 2.05) is 13.8 Å². The molecule has 1 spiro atoms. The van der Waals surface area contributed by atoms with E-state index in [-0.39, 0.29) is 12.0 Å². The molecule has 0 aliphatic carbocycles. The van der Waals surface area contributed by atoms with Crippen LogP contribution in [-0.2, 0) is 10.2 Å². The van der Waals surface area contributed by atoms with E-state index in [1.54, 1.807) is 0 Å². The molecule has 94 valence electrons. The third-order valence-electron chi connectivity index (χ3n) is 3.93. The van der Waals surface area contributed by atoms with Gasteiger partial charge in [0.15, 0.2) is 0 Å². The van der Waals surface area contributed by atoms with Gasteiger partial charge in [0.25, 0.3) is 0 Å². The number of hydrogen-bond donors (Lipinski definition) is 2. The highest BCUT2D eigenvalue weighted by Gasteiger charge is 2.53. The Bertz CT molecular complexity index is 583. The van der Waals surface area contributed by atoms with Crippen LogP contribution in [0.1, 0.15) is 24.6 Å². The molecule has 0 radical (unpaired) electrons. The van der Waals surface area contributed by atoms with Crippen LogP contribution in [0.5, 0.6) is 5.88 Å². The number of hydrogen-bond acceptors (Lipinski definition) is 5. The molecule has 1 fully saturated rings. The second-order valence-electron chi connectivity index (χ2n) is 4.72. The van der Waals surface area contributed by atoms with Gasteiger partial charge in [0.05, 0.1) is 17.1 Å². The van der Waals surface area contributed by atoms with Crippen LogP contribution in [0.2, 0.25) is 0 Å². The Morgan fingerprint density at radius 3 is 3.00 bits per heavy atom. The molecule has 6 nitrogen and oxygen atoms in total. The Kier molecular flexibility index (Phi) is 2.16. The first-order valence-corrected chi connectivity index (χ1v) is 5.86. The van der Waals surface area contributed by atoms with Gasteiger partial charge in [-0.1, -0.05) is 0 Å². The topological polar surface area (TPSA) is 97.0 Å². The number of aryl methyl sites for hydroxylation is 1. The number of H-pyrrole nitrogens is 1. The van der Waals surface area contributed by atoms with Gasteiger partial charge in [0.1, 0.15) is 11.6 Å². The number of fused-ring (bicyclic) bond motifs is 2. The van der Waals surface area contributed by atoms with Crippen LogP contribution >= 0.6 is 0 Å². The van der Waals surface area contributed by atoms with E-state index >= 15 is 0 Å². The molecule has 3 rings (SSSR count). The van der Waals surface area contributed by atoms with Crippen molar-refractivity contribution in [2.24, 2.45) is 5.73 Å². The molecule has 6 heteroatoms. The van der Waals surface area contributed by atoms with Crippen LogP contribution in [0, 0.1) is 18.3 Å². The molecule has 1 aromatic heterocycles. The van der Waals surface area contributed by atoms with E-state index in [2.05, 4.69) is 16.3 Å². The number of aromatic amines is 1. The molecule has 2 aliphatic heterocycles. The van der Waals surface area contributed by atoms with Crippen molar-refractivity contribution in [2.75, 3.05) is 6.61 Å². The zero-order chi connectivity index (χ0) is 12.9. The molecule has 2 atom stereocenters. The fraction of sp³-hybridized carbons (Fsp3) is 0.500. The molecule has 0 aromatic carbocycles. The molecule has 2 aliphatic rings. The standard InChI is InChI=1S/C12H14N4O2/c1-6-9-11(16-15-6)18-10(14)8(5-13)12(9)3-4-17-7(12)2/h7H,3-4,14H2,1-2H3,(H,15,16)/t7-,12+/m0/s1. The fourth-order valence-corrected chi connectivity index (χ4v) is 3.06. The second-order valence-corrected chi connectivity index (χ2v) is 4.72. The summed E-state index contributed by atoms with van der Waals surface area (Å²) in [7, 11) is 0. The lowest BCUT2D eigenvalue weighted by atomic mass is 9.69. The van der Waals surface area contributed by atoms with Crippen LogP contribution in [0.3, 0.4) is 0 Å². The van der Waals surface area contributed by atoms with Crippen molar-refractivity contribution in [1.29, 1.82) is 5.26 Å². The molecule has 0 saturated carbocycles. The fourth-order valence-electron chi connectivity index (χ4n) is 3.06. The first-order chi connectivity index (χ1) is 8.61. The predicted octanol–water partition coefficient (Wildman–Crippen LogP) is 0.851. The van der Waals surface area contributed by atoms with E-state index in [0.29, 0.717) is 24.5 Å². The monoisotopic (exact) mass is 246 g/mol. The number of nitrogens with two attached hydrogens (primary N) is 1. The molecule has 0 bridgehead atoms. The summed E-state index contributed by atoms with van der Waals surface area (Å²) in [5.41, 5.74) is 7.57. The molecule has 0 amide bonds. The van der Waals surface area contributed by atoms with Crippen molar-refractivity contribution in [3.63, 3.8) is 0 Å². The molecular formula is C12H14N4O2. The summed E-state index contributed by atoms with van der Waals surface area (Å²) in [6, 6.07) is 2.18. The molecular weight excluding hydrogens is 232 g/mol. The minimum Gasteiger partial charge on any atom is -0.420 e. The molecule has 18 heavy (non-hydrogen) atoms. The normalized spacial score (nSPS) is 30.2. The summed E-state index contributed by atoms with van der Waals surface area (Å²) >= 11 is 0. The molecule has 0 unspecified atom stereocenters. The van der Waals surface area contributed by atoms with Gasteiger partial charge in [-0.15, -0.1) is 5.10 Å². The molecule has 1 saturated heterocycles. The Morgan fingerprint density at radius 1 is 1.61 bits per heavy atom. The number of aromatic nitrogens is 2. The lowest BCUT2D eigenvalue weighted by molar-refractivity contribution is 0.0996. The van der Waals surface area contributed by atoms with Crippen LogP contribution in [0.25, 0.3) is 0 Å². The minimum atomic E-state index is -0.524. The molecule has 1 aromatic rings. The minimum absolute atomic E-state index is 0.121. The average Bonchev–Trinajstić information content (AvgIpc) is 2.86. The van der Waals surface area contributed by atoms with Gasteiger partial charge in [-0.3, -0.25) is 5.10 Å². The summed E-state index contributed by atoms with van der Waals surface area (Å²) in [4.78, 5) is 0. The van der Waals surface area contributed by atoms with E-state index < -0.39 is 5.41 Å². The van der Waals surface area contributed by atoms with E-state index in [9.17, 15) is 5.26 Å². The van der Waals surface area contributed by atoms with Gasteiger partial charge in [0, 0.05) is 12.3 Å². The average molecular weight is 246 g/mol. The van der Waals surface area contributed by atoms with E-state index in [0.717, 1.165) is 11.3 Å². The molecule has 3 heterocycles. The summed E-state index contributed by atoms with van der Waals surface area (Å²) < 4.78 is 11.1. The third-order valence-corrected chi connectivity index (χ3v) is 3.93. The highest BCUT2D eigenvalue weighted by molar-refractivity contribution is 5.55. The largest absolute Gasteiger partial charge is 0.420 e. The van der Waals surface area contributed by atoms with Gasteiger partial charge in [-0.2, -0.15) is 5.26 Å². The third kappa shape index (κ3) is 1.12. The van der Waals surface area contributed by atoms with E-state index in [1.165, 1.54) is 0 Å². The van der Waals surface area contributed by atoms with Crippen molar-refractivity contribution in [1.82, 2.24) is 10.2 Å². The van der Waals surface area contributed by atoms with Gasteiger partial charge in [-0.05, 0) is 20.3 Å². The summed E-state index contributed by atoms with van der Waals surface area (Å²) in [6.07, 6.45) is 0.596. The Balaban J connectivity index is 2.31. The van der Waals surface area contributed by atoms with Crippen molar-refractivity contribution >= 4 is 0 Å². The van der Waals surface area contributed by atoms with Crippen molar-refractivity contribution < 1.29 is 9.47 Å². The van der Waals surface area contributed by atoms with Gasteiger partial charge in [0.2, 0.25) is 11.8 Å². The quantitative estimate of drug-likeness (QED) is 0.707. The van der Waals surface area contributed by atoms with Crippen LogP contribution in [0.15, 0.2) is 11.5 Å². The predicted molar refractivity (Wildman–Crippen MR) is 62.5 cm³/mol. The number of nitriles is 1. The highest BCUT2D eigenvalue weighted by Crippen LogP contribution is 2.51. The second kappa shape index (κ2) is 3.50. The molecule has 3 N–H and O–H groups in total. The first kappa shape index (κ1) is 11.1. The van der Waals surface area contributed by atoms with E-state index in [4.69, 9.17) is 15.2 Å². The maximum Gasteiger partial charge on any atom is 0.244 e. The zero-order valence-electron chi connectivity index (χ0n) is 10.3. The van der Waals surface area contributed by atoms with Gasteiger partial charge in [-0.25, -0.2) is 0 Å². The van der Waals surface area contributed by atoms with Crippen molar-refractivity contribution in [3.8, 4) is 11.9 Å². The smallest absolute Gasteiger partial charge is 0.244 e. The number of nitrogens with one attached hydrogen (secondary N) is 1. The zero-order valence-corrected chi connectivity index (χ0v) is 10.3. The summed E-state index contributed by atoms with van der Waals surface area (Å²) in [5.74, 6) is 0.593. The lowest BCUT2D eigenvalue weighted by Crippen LogP contribution is -2.41. The Hall–Kier alpha value is -2.00. The Morgan fingerprint density at radius 2 is 2.39 bits per heavy atom. The number of rotatable bonds is 0. The van der Waals surface area contributed by atoms with Crippen molar-refractivity contribution in [2.45, 2.75) is 31.8 Å². The summed E-state index contributed by atoms with van der Waals surface area (Å²) in [6.45, 7) is 4.47. The number of nitrogens with zero attached hydrogens (tertiary/aromatic N) is 2. The maximum atomic E-state index is 9.40. The van der Waals surface area contributed by atoms with Gasteiger partial charge >= 0.3 is 0 Å². The van der Waals surface area contributed by atoms with Gasteiger partial charge < -0.3 is 15.2 Å².